The van der Waals surface area contributed by atoms with Gasteiger partial charge in [0.05, 0.1) is 16.5 Å². The van der Waals surface area contributed by atoms with Gasteiger partial charge in [0.15, 0.2) is 15.7 Å². The lowest BCUT2D eigenvalue weighted by Gasteiger charge is -2.16. The Balaban J connectivity index is 1.80. The van der Waals surface area contributed by atoms with Crippen LogP contribution in [0, 0.1) is 0 Å². The smallest absolute Gasteiger partial charge is 0.252 e. The van der Waals surface area contributed by atoms with Crippen molar-refractivity contribution in [2.75, 3.05) is 6.26 Å². The molecule has 0 spiro atoms. The van der Waals surface area contributed by atoms with Crippen molar-refractivity contribution in [3.05, 3.63) is 66.0 Å². The maximum atomic E-state index is 12.7. The highest BCUT2D eigenvalue weighted by atomic mass is 32.2. The predicted octanol–water partition coefficient (Wildman–Crippen LogP) is 2.37. The SMILES string of the molecule is CC(NC(=O)c1ccccc1-c1ncn[nH]1)c1ccc(S(C)(=O)=O)cc1. The van der Waals surface area contributed by atoms with Gasteiger partial charge in [-0.3, -0.25) is 9.89 Å². The summed E-state index contributed by atoms with van der Waals surface area (Å²) in [5.74, 6) is 0.262. The minimum atomic E-state index is -3.25. The first-order valence-corrected chi connectivity index (χ1v) is 9.81. The number of H-pyrrole nitrogens is 1. The molecule has 1 unspecified atom stereocenters. The van der Waals surface area contributed by atoms with Gasteiger partial charge in [-0.25, -0.2) is 13.4 Å². The van der Waals surface area contributed by atoms with Crippen molar-refractivity contribution in [2.24, 2.45) is 0 Å². The van der Waals surface area contributed by atoms with E-state index in [9.17, 15) is 13.2 Å². The van der Waals surface area contributed by atoms with Crippen LogP contribution < -0.4 is 5.32 Å². The summed E-state index contributed by atoms with van der Waals surface area (Å²) in [5, 5.41) is 9.50. The van der Waals surface area contributed by atoms with Crippen molar-refractivity contribution < 1.29 is 13.2 Å². The number of carbonyl (C=O) groups excluding carboxylic acids is 1. The van der Waals surface area contributed by atoms with Crippen molar-refractivity contribution in [3.63, 3.8) is 0 Å². The molecule has 2 N–H and O–H groups in total. The molecule has 0 fully saturated rings. The fourth-order valence-corrected chi connectivity index (χ4v) is 3.21. The third kappa shape index (κ3) is 3.80. The topological polar surface area (TPSA) is 105 Å². The second-order valence-corrected chi connectivity index (χ2v) is 7.93. The van der Waals surface area contributed by atoms with Crippen LogP contribution in [0.4, 0.5) is 0 Å². The number of nitrogens with one attached hydrogen (secondary N) is 2. The third-order valence-electron chi connectivity index (χ3n) is 4.00. The normalized spacial score (nSPS) is 12.5. The van der Waals surface area contributed by atoms with Crippen molar-refractivity contribution in [1.82, 2.24) is 20.5 Å². The van der Waals surface area contributed by atoms with Crippen LogP contribution in [-0.4, -0.2) is 35.8 Å². The Morgan fingerprint density at radius 1 is 1.12 bits per heavy atom. The molecular weight excluding hydrogens is 352 g/mol. The fourth-order valence-electron chi connectivity index (χ4n) is 2.58. The Kier molecular flexibility index (Phi) is 4.85. The number of amides is 1. The lowest BCUT2D eigenvalue weighted by molar-refractivity contribution is 0.0940. The highest BCUT2D eigenvalue weighted by Crippen LogP contribution is 2.21. The Morgan fingerprint density at radius 2 is 1.81 bits per heavy atom. The summed E-state index contributed by atoms with van der Waals surface area (Å²) in [6.07, 6.45) is 2.55. The van der Waals surface area contributed by atoms with Gasteiger partial charge in [-0.1, -0.05) is 30.3 Å². The minimum absolute atomic E-state index is 0.246. The first-order valence-electron chi connectivity index (χ1n) is 7.92. The van der Waals surface area contributed by atoms with Crippen molar-refractivity contribution in [3.8, 4) is 11.4 Å². The monoisotopic (exact) mass is 370 g/mol. The Morgan fingerprint density at radius 3 is 2.42 bits per heavy atom. The quantitative estimate of drug-likeness (QED) is 0.717. The second kappa shape index (κ2) is 7.09. The van der Waals surface area contributed by atoms with Crippen LogP contribution in [0.25, 0.3) is 11.4 Å². The zero-order valence-corrected chi connectivity index (χ0v) is 15.1. The van der Waals surface area contributed by atoms with E-state index in [2.05, 4.69) is 20.5 Å². The Hall–Kier alpha value is -3.00. The van der Waals surface area contributed by atoms with E-state index in [4.69, 9.17) is 0 Å². The van der Waals surface area contributed by atoms with Gasteiger partial charge < -0.3 is 5.32 Å². The molecule has 0 saturated heterocycles. The average Bonchev–Trinajstić information content (AvgIpc) is 3.15. The molecule has 2 aromatic carbocycles. The van der Waals surface area contributed by atoms with Crippen molar-refractivity contribution >= 4 is 15.7 Å². The zero-order valence-electron chi connectivity index (χ0n) is 14.3. The number of sulfone groups is 1. The first-order chi connectivity index (χ1) is 12.4. The van der Waals surface area contributed by atoms with Gasteiger partial charge in [0.1, 0.15) is 6.33 Å². The molecule has 1 aromatic heterocycles. The molecule has 134 valence electrons. The molecule has 0 aliphatic carbocycles. The standard InChI is InChI=1S/C18H18N4O3S/c1-12(13-7-9-14(10-8-13)26(2,24)25)21-18(23)16-6-4-3-5-15(16)17-19-11-20-22-17/h3-12H,1-2H3,(H,21,23)(H,19,20,22). The molecule has 3 rings (SSSR count). The van der Waals surface area contributed by atoms with Gasteiger partial charge >= 0.3 is 0 Å². The molecule has 0 saturated carbocycles. The number of benzene rings is 2. The van der Waals surface area contributed by atoms with Crippen LogP contribution in [0.15, 0.2) is 59.8 Å². The summed E-state index contributed by atoms with van der Waals surface area (Å²) in [6.45, 7) is 1.84. The maximum Gasteiger partial charge on any atom is 0.252 e. The molecule has 7 nitrogen and oxygen atoms in total. The van der Waals surface area contributed by atoms with E-state index in [-0.39, 0.29) is 16.8 Å². The zero-order chi connectivity index (χ0) is 18.7. The molecule has 1 heterocycles. The predicted molar refractivity (Wildman–Crippen MR) is 97.3 cm³/mol. The number of hydrogen-bond donors (Lipinski definition) is 2. The van der Waals surface area contributed by atoms with E-state index in [1.807, 2.05) is 13.0 Å². The van der Waals surface area contributed by atoms with Crippen LogP contribution in [-0.2, 0) is 9.84 Å². The van der Waals surface area contributed by atoms with E-state index < -0.39 is 9.84 Å². The summed E-state index contributed by atoms with van der Waals surface area (Å²) in [5.41, 5.74) is 1.94. The molecule has 0 aliphatic heterocycles. The van der Waals surface area contributed by atoms with Crippen LogP contribution in [0.5, 0.6) is 0 Å². The lowest BCUT2D eigenvalue weighted by atomic mass is 10.0. The van der Waals surface area contributed by atoms with Crippen LogP contribution >= 0.6 is 0 Å². The molecule has 26 heavy (non-hydrogen) atoms. The van der Waals surface area contributed by atoms with Gasteiger partial charge in [0, 0.05) is 11.8 Å². The third-order valence-corrected chi connectivity index (χ3v) is 5.13. The largest absolute Gasteiger partial charge is 0.345 e. The van der Waals surface area contributed by atoms with E-state index in [1.165, 1.54) is 18.5 Å². The van der Waals surface area contributed by atoms with Crippen LogP contribution in [0.1, 0.15) is 28.9 Å². The van der Waals surface area contributed by atoms with Gasteiger partial charge in [0.25, 0.3) is 5.91 Å². The average molecular weight is 370 g/mol. The van der Waals surface area contributed by atoms with E-state index in [0.717, 1.165) is 11.8 Å². The number of aromatic nitrogens is 3. The van der Waals surface area contributed by atoms with E-state index in [1.54, 1.807) is 30.3 Å². The Labute approximate surface area is 151 Å². The summed E-state index contributed by atoms with van der Waals surface area (Å²) in [6, 6.07) is 13.3. The Bertz CT molecular complexity index is 1010. The second-order valence-electron chi connectivity index (χ2n) is 5.92. The van der Waals surface area contributed by atoms with E-state index in [0.29, 0.717) is 17.0 Å². The number of rotatable bonds is 5. The minimum Gasteiger partial charge on any atom is -0.345 e. The molecule has 8 heteroatoms. The van der Waals surface area contributed by atoms with Crippen LogP contribution in [0.2, 0.25) is 0 Å². The van der Waals surface area contributed by atoms with E-state index >= 15 is 0 Å². The number of hydrogen-bond acceptors (Lipinski definition) is 5. The highest BCUT2D eigenvalue weighted by molar-refractivity contribution is 7.90. The summed E-state index contributed by atoms with van der Waals surface area (Å²) < 4.78 is 23.1. The molecule has 0 bridgehead atoms. The van der Waals surface area contributed by atoms with Gasteiger partial charge in [-0.15, -0.1) is 0 Å². The summed E-state index contributed by atoms with van der Waals surface area (Å²) >= 11 is 0. The number of aromatic amines is 1. The maximum absolute atomic E-state index is 12.7. The molecular formula is C18H18N4O3S. The van der Waals surface area contributed by atoms with Crippen molar-refractivity contribution in [2.45, 2.75) is 17.9 Å². The summed E-state index contributed by atoms with van der Waals surface area (Å²) in [4.78, 5) is 17.0. The van der Waals surface area contributed by atoms with Crippen molar-refractivity contribution in [1.29, 1.82) is 0 Å². The number of carbonyl (C=O) groups is 1. The lowest BCUT2D eigenvalue weighted by Crippen LogP contribution is -2.27. The fraction of sp³-hybridized carbons (Fsp3) is 0.167. The molecule has 1 atom stereocenters. The van der Waals surface area contributed by atoms with Gasteiger partial charge in [-0.05, 0) is 30.7 Å². The molecule has 0 aliphatic rings. The van der Waals surface area contributed by atoms with Gasteiger partial charge in [0.2, 0.25) is 0 Å². The van der Waals surface area contributed by atoms with Gasteiger partial charge in [-0.2, -0.15) is 5.10 Å². The number of nitrogens with zero attached hydrogens (tertiary/aromatic N) is 2. The molecule has 1 amide bonds. The van der Waals surface area contributed by atoms with Crippen LogP contribution in [0.3, 0.4) is 0 Å². The first kappa shape index (κ1) is 17.8. The summed E-state index contributed by atoms with van der Waals surface area (Å²) in [7, 11) is -3.25. The molecule has 0 radical (unpaired) electrons. The molecule has 3 aromatic rings. The highest BCUT2D eigenvalue weighted by Gasteiger charge is 2.17.